The zero-order chi connectivity index (χ0) is 21.2. The Balaban J connectivity index is 1.43. The molecule has 30 heavy (non-hydrogen) atoms. The second-order valence-corrected chi connectivity index (χ2v) is 8.32. The van der Waals surface area contributed by atoms with E-state index in [1.165, 1.54) is 23.4 Å². The number of halogens is 3. The third-order valence-electron chi connectivity index (χ3n) is 6.67. The van der Waals surface area contributed by atoms with Crippen LogP contribution in [-0.2, 0) is 24.6 Å². The molecule has 1 saturated heterocycles. The molecule has 4 rings (SSSR count). The molecule has 2 aliphatic rings. The number of piperidine rings is 1. The van der Waals surface area contributed by atoms with Crippen LogP contribution in [0.5, 0.6) is 0 Å². The summed E-state index contributed by atoms with van der Waals surface area (Å²) in [6.07, 6.45) is 1.54. The van der Waals surface area contributed by atoms with Crippen LogP contribution in [0, 0.1) is 0 Å². The van der Waals surface area contributed by atoms with Crippen molar-refractivity contribution >= 4 is 0 Å². The predicted molar refractivity (Wildman–Crippen MR) is 109 cm³/mol. The summed E-state index contributed by atoms with van der Waals surface area (Å²) in [5, 5.41) is 9.58. The maximum absolute atomic E-state index is 12.9. The molecule has 0 unspecified atom stereocenters. The molecule has 1 aromatic heterocycles. The zero-order valence-electron chi connectivity index (χ0n) is 17.0. The van der Waals surface area contributed by atoms with Crippen LogP contribution in [0.2, 0.25) is 0 Å². The first-order valence-electron chi connectivity index (χ1n) is 10.6. The van der Waals surface area contributed by atoms with Gasteiger partial charge in [0.25, 0.3) is 0 Å². The summed E-state index contributed by atoms with van der Waals surface area (Å²) in [6.45, 7) is 4.28. The summed E-state index contributed by atoms with van der Waals surface area (Å²) in [5.74, 6) is 0. The highest BCUT2D eigenvalue weighted by Gasteiger charge is 2.44. The zero-order valence-corrected chi connectivity index (χ0v) is 17.0. The molecule has 3 heterocycles. The number of rotatable bonds is 5. The maximum atomic E-state index is 12.9. The normalized spacial score (nSPS) is 19.7. The van der Waals surface area contributed by atoms with Gasteiger partial charge in [-0.2, -0.15) is 13.2 Å². The lowest BCUT2D eigenvalue weighted by molar-refractivity contribution is -0.137. The van der Waals surface area contributed by atoms with Crippen LogP contribution in [0.25, 0.3) is 0 Å². The molecular weight excluding hydrogens is 391 g/mol. The van der Waals surface area contributed by atoms with Gasteiger partial charge >= 0.3 is 6.18 Å². The number of aliphatic hydroxyl groups is 1. The molecule has 1 aromatic carbocycles. The van der Waals surface area contributed by atoms with E-state index in [0.29, 0.717) is 18.5 Å². The van der Waals surface area contributed by atoms with Crippen molar-refractivity contribution in [3.8, 4) is 0 Å². The van der Waals surface area contributed by atoms with Crippen molar-refractivity contribution in [3.63, 3.8) is 0 Å². The molecule has 7 heteroatoms. The molecule has 1 N–H and O–H groups in total. The molecule has 0 amide bonds. The van der Waals surface area contributed by atoms with E-state index in [2.05, 4.69) is 39.0 Å². The molecular formula is C23H28F3N3O. The molecule has 1 spiro atoms. The third-order valence-corrected chi connectivity index (χ3v) is 6.67. The van der Waals surface area contributed by atoms with Gasteiger partial charge in [0.05, 0.1) is 12.2 Å². The molecule has 0 radical (unpaired) electrons. The number of benzene rings is 1. The van der Waals surface area contributed by atoms with Gasteiger partial charge in [0.15, 0.2) is 0 Å². The fourth-order valence-corrected chi connectivity index (χ4v) is 5.08. The van der Waals surface area contributed by atoms with Crippen molar-refractivity contribution in [1.82, 2.24) is 14.8 Å². The van der Waals surface area contributed by atoms with Gasteiger partial charge in [-0.15, -0.1) is 0 Å². The number of likely N-dealkylation sites (tertiary alicyclic amines) is 1. The van der Waals surface area contributed by atoms with Crippen molar-refractivity contribution in [2.45, 2.75) is 37.4 Å². The number of hydrogen-bond acceptors (Lipinski definition) is 4. The molecule has 0 saturated carbocycles. The molecule has 162 valence electrons. The Morgan fingerprint density at radius 1 is 1.03 bits per heavy atom. The summed E-state index contributed by atoms with van der Waals surface area (Å²) in [6, 6.07) is 9.82. The number of aromatic nitrogens is 1. The minimum Gasteiger partial charge on any atom is -0.395 e. The van der Waals surface area contributed by atoms with Crippen molar-refractivity contribution in [3.05, 3.63) is 65.0 Å². The molecule has 0 atom stereocenters. The summed E-state index contributed by atoms with van der Waals surface area (Å²) in [5.41, 5.74) is 2.67. The second kappa shape index (κ2) is 8.65. The minimum absolute atomic E-state index is 0.0498. The van der Waals surface area contributed by atoms with E-state index in [-0.39, 0.29) is 12.1 Å². The van der Waals surface area contributed by atoms with Crippen LogP contribution >= 0.6 is 0 Å². The number of aliphatic hydroxyl groups excluding tert-OH is 1. The fraction of sp³-hybridized carbons (Fsp3) is 0.522. The maximum Gasteiger partial charge on any atom is 0.417 e. The molecule has 1 fully saturated rings. The minimum atomic E-state index is -4.36. The van der Waals surface area contributed by atoms with Crippen molar-refractivity contribution < 1.29 is 18.3 Å². The first-order valence-corrected chi connectivity index (χ1v) is 10.6. The van der Waals surface area contributed by atoms with Gasteiger partial charge < -0.3 is 10.0 Å². The standard InChI is InChI=1S/C23H28F3N3O/c24-23(25,26)20-15-18(16-27-17-20)5-9-28-11-7-22(8-12-28)21-4-2-1-3-19(21)6-10-29(22)13-14-30/h1-4,15-17,30H,5-14H2. The lowest BCUT2D eigenvalue weighted by Gasteiger charge is -2.52. The first kappa shape index (κ1) is 21.3. The Bertz CT molecular complexity index is 863. The van der Waals surface area contributed by atoms with E-state index in [1.807, 2.05) is 0 Å². The number of alkyl halides is 3. The first-order chi connectivity index (χ1) is 14.4. The van der Waals surface area contributed by atoms with Gasteiger partial charge in [-0.25, -0.2) is 0 Å². The summed E-state index contributed by atoms with van der Waals surface area (Å²) < 4.78 is 38.7. The highest BCUT2D eigenvalue weighted by Crippen LogP contribution is 2.43. The molecule has 2 aromatic rings. The Morgan fingerprint density at radius 2 is 1.80 bits per heavy atom. The Hall–Kier alpha value is -1.96. The Labute approximate surface area is 175 Å². The number of nitrogens with zero attached hydrogens (tertiary/aromatic N) is 3. The monoisotopic (exact) mass is 419 g/mol. The topological polar surface area (TPSA) is 39.6 Å². The van der Waals surface area contributed by atoms with Crippen molar-refractivity contribution in [2.75, 3.05) is 39.3 Å². The van der Waals surface area contributed by atoms with E-state index < -0.39 is 11.7 Å². The van der Waals surface area contributed by atoms with Crippen LogP contribution in [0.1, 0.15) is 35.1 Å². The van der Waals surface area contributed by atoms with E-state index >= 15 is 0 Å². The van der Waals surface area contributed by atoms with E-state index in [0.717, 1.165) is 51.6 Å². The van der Waals surface area contributed by atoms with E-state index in [1.54, 1.807) is 0 Å². The average Bonchev–Trinajstić information content (AvgIpc) is 2.75. The van der Waals surface area contributed by atoms with Gasteiger partial charge in [0, 0.05) is 50.7 Å². The van der Waals surface area contributed by atoms with Crippen LogP contribution in [0.4, 0.5) is 13.2 Å². The Morgan fingerprint density at radius 3 is 2.53 bits per heavy atom. The second-order valence-electron chi connectivity index (χ2n) is 8.32. The number of fused-ring (bicyclic) bond motifs is 2. The van der Waals surface area contributed by atoms with Gasteiger partial charge in [0.1, 0.15) is 0 Å². The summed E-state index contributed by atoms with van der Waals surface area (Å²) in [7, 11) is 0. The van der Waals surface area contributed by atoms with Crippen LogP contribution < -0.4 is 0 Å². The molecule has 4 nitrogen and oxygen atoms in total. The molecule has 0 bridgehead atoms. The van der Waals surface area contributed by atoms with Crippen molar-refractivity contribution in [1.29, 1.82) is 0 Å². The predicted octanol–water partition coefficient (Wildman–Crippen LogP) is 3.48. The Kier molecular flexibility index (Phi) is 6.14. The number of hydrogen-bond donors (Lipinski definition) is 1. The highest BCUT2D eigenvalue weighted by molar-refractivity contribution is 5.37. The van der Waals surface area contributed by atoms with E-state index in [4.69, 9.17) is 0 Å². The summed E-state index contributed by atoms with van der Waals surface area (Å²) >= 11 is 0. The molecule has 2 aliphatic heterocycles. The third kappa shape index (κ3) is 4.24. The van der Waals surface area contributed by atoms with Crippen molar-refractivity contribution in [2.24, 2.45) is 0 Å². The smallest absolute Gasteiger partial charge is 0.395 e. The average molecular weight is 419 g/mol. The number of β-amino-alcohol motifs (C(OH)–C–C–N with tert-alkyl or cyclic N) is 1. The lowest BCUT2D eigenvalue weighted by atomic mass is 9.74. The largest absolute Gasteiger partial charge is 0.417 e. The fourth-order valence-electron chi connectivity index (χ4n) is 5.08. The van der Waals surface area contributed by atoms with Gasteiger partial charge in [-0.05, 0) is 48.4 Å². The highest BCUT2D eigenvalue weighted by atomic mass is 19.4. The number of pyridine rings is 1. The lowest BCUT2D eigenvalue weighted by Crippen LogP contribution is -2.57. The van der Waals surface area contributed by atoms with Crippen LogP contribution in [0.3, 0.4) is 0 Å². The van der Waals surface area contributed by atoms with Gasteiger partial charge in [0.2, 0.25) is 0 Å². The van der Waals surface area contributed by atoms with Crippen LogP contribution in [0.15, 0.2) is 42.7 Å². The van der Waals surface area contributed by atoms with Gasteiger partial charge in [-0.1, -0.05) is 24.3 Å². The van der Waals surface area contributed by atoms with Crippen LogP contribution in [-0.4, -0.2) is 59.2 Å². The summed E-state index contributed by atoms with van der Waals surface area (Å²) in [4.78, 5) is 8.54. The quantitative estimate of drug-likeness (QED) is 0.806. The SMILES string of the molecule is OCCN1CCc2ccccc2C12CCN(CCc1cncc(C(F)(F)F)c1)CC2. The van der Waals surface area contributed by atoms with E-state index in [9.17, 15) is 18.3 Å². The van der Waals surface area contributed by atoms with Gasteiger partial charge in [-0.3, -0.25) is 9.88 Å². The molecule has 0 aliphatic carbocycles.